The second kappa shape index (κ2) is 8.78. The van der Waals surface area contributed by atoms with Gasteiger partial charge in [0.25, 0.3) is 0 Å². The van der Waals surface area contributed by atoms with E-state index in [0.717, 1.165) is 0 Å². The van der Waals surface area contributed by atoms with Crippen LogP contribution >= 0.6 is 0 Å². The number of carbonyl (C=O) groups excluding carboxylic acids is 1. The third-order valence-electron chi connectivity index (χ3n) is 4.14. The molecule has 0 radical (unpaired) electrons. The fourth-order valence-corrected chi connectivity index (χ4v) is 4.08. The normalized spacial score (nSPS) is 15.3. The maximum Gasteiger partial charge on any atom is 0.319 e. The molecular weight excluding hydrogens is 368 g/mol. The Hall–Kier alpha value is -2.72. The van der Waals surface area contributed by atoms with Crippen molar-refractivity contribution in [1.82, 2.24) is 19.6 Å². The van der Waals surface area contributed by atoms with Crippen LogP contribution in [0.4, 0.5) is 16.4 Å². The molecule has 3 rings (SSSR count). The first-order valence-electron chi connectivity index (χ1n) is 8.64. The topological polar surface area (TPSA) is 108 Å². The van der Waals surface area contributed by atoms with Crippen LogP contribution in [0.15, 0.2) is 48.8 Å². The van der Waals surface area contributed by atoms with Gasteiger partial charge in [0.15, 0.2) is 0 Å². The minimum atomic E-state index is -3.43. The number of urea groups is 1. The van der Waals surface area contributed by atoms with Gasteiger partial charge in [-0.05, 0) is 18.2 Å². The lowest BCUT2D eigenvalue weighted by Gasteiger charge is -2.33. The number of sulfonamides is 1. The molecule has 1 fully saturated rings. The lowest BCUT2D eigenvalue weighted by molar-refractivity contribution is 0.252. The van der Waals surface area contributed by atoms with Gasteiger partial charge in [-0.2, -0.15) is 4.31 Å². The zero-order valence-electron chi connectivity index (χ0n) is 14.8. The Kier molecular flexibility index (Phi) is 6.20. The Morgan fingerprint density at radius 1 is 1.00 bits per heavy atom. The highest BCUT2D eigenvalue weighted by Gasteiger charge is 2.27. The van der Waals surface area contributed by atoms with Crippen LogP contribution in [0.2, 0.25) is 0 Å². The third-order valence-corrected chi connectivity index (χ3v) is 6.02. The molecule has 1 aromatic heterocycles. The Morgan fingerprint density at radius 2 is 1.67 bits per heavy atom. The molecule has 1 aromatic carbocycles. The molecule has 2 heterocycles. The number of amides is 2. The molecule has 9 nitrogen and oxygen atoms in total. The molecule has 10 heteroatoms. The molecule has 0 saturated carbocycles. The van der Waals surface area contributed by atoms with Crippen LogP contribution in [0.1, 0.15) is 0 Å². The van der Waals surface area contributed by atoms with E-state index in [4.69, 9.17) is 0 Å². The van der Waals surface area contributed by atoms with Crippen molar-refractivity contribution in [3.63, 3.8) is 0 Å². The number of hydrogen-bond donors (Lipinski definition) is 2. The van der Waals surface area contributed by atoms with Crippen LogP contribution < -0.4 is 15.5 Å². The standard InChI is InChI=1S/C17H22N6O3S/c24-17(21-15-5-2-1-3-6-15)20-9-14-27(25,26)23-12-10-22(11-13-23)16-18-7-4-8-19-16/h1-8H,9-14H2,(H2,20,21,24). The van der Waals surface area contributed by atoms with Gasteiger partial charge in [0.05, 0.1) is 5.75 Å². The highest BCUT2D eigenvalue weighted by Crippen LogP contribution is 2.12. The molecule has 0 unspecified atom stereocenters. The van der Waals surface area contributed by atoms with Gasteiger partial charge in [0.1, 0.15) is 0 Å². The van der Waals surface area contributed by atoms with Crippen molar-refractivity contribution in [2.45, 2.75) is 0 Å². The van der Waals surface area contributed by atoms with Gasteiger partial charge >= 0.3 is 6.03 Å². The van der Waals surface area contributed by atoms with Crippen molar-refractivity contribution in [3.05, 3.63) is 48.8 Å². The summed E-state index contributed by atoms with van der Waals surface area (Å²) < 4.78 is 26.4. The van der Waals surface area contributed by atoms with Gasteiger partial charge in [-0.3, -0.25) is 0 Å². The third kappa shape index (κ3) is 5.38. The fraction of sp³-hybridized carbons (Fsp3) is 0.353. The maximum absolute atomic E-state index is 12.5. The summed E-state index contributed by atoms with van der Waals surface area (Å²) in [4.78, 5) is 22.1. The lowest BCUT2D eigenvalue weighted by Crippen LogP contribution is -2.50. The first-order chi connectivity index (χ1) is 13.0. The summed E-state index contributed by atoms with van der Waals surface area (Å²) in [6, 6.07) is 10.3. The van der Waals surface area contributed by atoms with Gasteiger partial charge < -0.3 is 15.5 Å². The number of hydrogen-bond acceptors (Lipinski definition) is 6. The number of aromatic nitrogens is 2. The van der Waals surface area contributed by atoms with E-state index in [-0.39, 0.29) is 12.3 Å². The Labute approximate surface area is 158 Å². The van der Waals surface area contributed by atoms with Crippen LogP contribution in [0.5, 0.6) is 0 Å². The fourth-order valence-electron chi connectivity index (χ4n) is 2.74. The lowest BCUT2D eigenvalue weighted by atomic mass is 10.3. The first-order valence-corrected chi connectivity index (χ1v) is 10.3. The average Bonchev–Trinajstić information content (AvgIpc) is 2.69. The number of benzene rings is 1. The number of piperazine rings is 1. The minimum Gasteiger partial charge on any atom is -0.338 e. The molecule has 2 amide bonds. The summed E-state index contributed by atoms with van der Waals surface area (Å²) in [5, 5.41) is 5.23. The number of nitrogens with one attached hydrogen (secondary N) is 2. The Morgan fingerprint density at radius 3 is 2.33 bits per heavy atom. The van der Waals surface area contributed by atoms with E-state index in [1.807, 2.05) is 11.0 Å². The molecule has 1 aliphatic heterocycles. The van der Waals surface area contributed by atoms with Crippen molar-refractivity contribution in [1.29, 1.82) is 0 Å². The predicted molar refractivity (Wildman–Crippen MR) is 103 cm³/mol. The zero-order valence-corrected chi connectivity index (χ0v) is 15.6. The summed E-state index contributed by atoms with van der Waals surface area (Å²) in [6.45, 7) is 1.85. The molecular formula is C17H22N6O3S. The summed E-state index contributed by atoms with van der Waals surface area (Å²) in [7, 11) is -3.43. The molecule has 27 heavy (non-hydrogen) atoms. The second-order valence-corrected chi connectivity index (χ2v) is 8.09. The highest BCUT2D eigenvalue weighted by atomic mass is 32.2. The summed E-state index contributed by atoms with van der Waals surface area (Å²) in [5.41, 5.74) is 0.650. The Bertz CT molecular complexity index is 839. The van der Waals surface area contributed by atoms with E-state index in [0.29, 0.717) is 37.8 Å². The highest BCUT2D eigenvalue weighted by molar-refractivity contribution is 7.89. The largest absolute Gasteiger partial charge is 0.338 e. The van der Waals surface area contributed by atoms with E-state index in [1.54, 1.807) is 42.7 Å². The number of anilines is 2. The van der Waals surface area contributed by atoms with Crippen molar-refractivity contribution in [3.8, 4) is 0 Å². The number of carbonyl (C=O) groups is 1. The van der Waals surface area contributed by atoms with Crippen molar-refractivity contribution in [2.24, 2.45) is 0 Å². The summed E-state index contributed by atoms with van der Waals surface area (Å²) >= 11 is 0. The SMILES string of the molecule is O=C(NCCS(=O)(=O)N1CCN(c2ncccn2)CC1)Nc1ccccc1. The molecule has 0 aliphatic carbocycles. The van der Waals surface area contributed by atoms with Crippen LogP contribution in [0.25, 0.3) is 0 Å². The van der Waals surface area contributed by atoms with Crippen LogP contribution in [-0.2, 0) is 10.0 Å². The van der Waals surface area contributed by atoms with Gasteiger partial charge in [0.2, 0.25) is 16.0 Å². The number of rotatable bonds is 6. The maximum atomic E-state index is 12.5. The monoisotopic (exact) mass is 390 g/mol. The van der Waals surface area contributed by atoms with Gasteiger partial charge in [0, 0.05) is 50.8 Å². The number of nitrogens with zero attached hydrogens (tertiary/aromatic N) is 4. The summed E-state index contributed by atoms with van der Waals surface area (Å²) in [6.07, 6.45) is 3.33. The molecule has 2 N–H and O–H groups in total. The molecule has 144 valence electrons. The van der Waals surface area contributed by atoms with Gasteiger partial charge in [-0.25, -0.2) is 23.2 Å². The minimum absolute atomic E-state index is 0.0447. The molecule has 1 aliphatic rings. The molecule has 0 spiro atoms. The molecule has 2 aromatic rings. The summed E-state index contributed by atoms with van der Waals surface area (Å²) in [5.74, 6) is 0.464. The van der Waals surface area contributed by atoms with E-state index >= 15 is 0 Å². The second-order valence-electron chi connectivity index (χ2n) is 6.00. The van der Waals surface area contributed by atoms with E-state index in [9.17, 15) is 13.2 Å². The van der Waals surface area contributed by atoms with Crippen molar-refractivity contribution in [2.75, 3.05) is 48.7 Å². The van der Waals surface area contributed by atoms with Crippen LogP contribution in [0.3, 0.4) is 0 Å². The van der Waals surface area contributed by atoms with Crippen molar-refractivity contribution < 1.29 is 13.2 Å². The quantitative estimate of drug-likeness (QED) is 0.754. The smallest absolute Gasteiger partial charge is 0.319 e. The Balaban J connectivity index is 1.43. The van der Waals surface area contributed by atoms with Gasteiger partial charge in [-0.15, -0.1) is 0 Å². The molecule has 0 atom stereocenters. The zero-order chi connectivity index (χ0) is 19.1. The van der Waals surface area contributed by atoms with Gasteiger partial charge in [-0.1, -0.05) is 18.2 Å². The van der Waals surface area contributed by atoms with Crippen LogP contribution in [0, 0.1) is 0 Å². The van der Waals surface area contributed by atoms with Crippen molar-refractivity contribution >= 4 is 27.7 Å². The molecule has 0 bridgehead atoms. The van der Waals surface area contributed by atoms with E-state index in [2.05, 4.69) is 20.6 Å². The first kappa shape index (κ1) is 19.1. The predicted octanol–water partition coefficient (Wildman–Crippen LogP) is 0.750. The number of para-hydroxylation sites is 1. The van der Waals surface area contributed by atoms with Crippen LogP contribution in [-0.4, -0.2) is 67.2 Å². The molecule has 1 saturated heterocycles. The average molecular weight is 390 g/mol. The van der Waals surface area contributed by atoms with E-state index in [1.165, 1.54) is 4.31 Å². The van der Waals surface area contributed by atoms with E-state index < -0.39 is 16.1 Å².